The Morgan fingerprint density at radius 2 is 1.43 bits per heavy atom. The van der Waals surface area contributed by atoms with E-state index in [-0.39, 0.29) is 0 Å². The third kappa shape index (κ3) is 2.77. The maximum absolute atomic E-state index is 5.17. The molecule has 0 amide bonds. The monoisotopic (exact) mass is 285 g/mol. The molecule has 3 rings (SSSR count). The van der Waals surface area contributed by atoms with Crippen molar-refractivity contribution in [2.45, 2.75) is 25.3 Å². The van der Waals surface area contributed by atoms with Crippen molar-refractivity contribution in [1.29, 1.82) is 0 Å². The van der Waals surface area contributed by atoms with Crippen LogP contribution in [0.1, 0.15) is 19.3 Å². The van der Waals surface area contributed by atoms with Crippen molar-refractivity contribution in [3.05, 3.63) is 36.7 Å². The maximum atomic E-state index is 5.17. The van der Waals surface area contributed by atoms with Gasteiger partial charge in [0.25, 0.3) is 0 Å². The van der Waals surface area contributed by atoms with Gasteiger partial charge in [-0.15, -0.1) is 0 Å². The van der Waals surface area contributed by atoms with E-state index in [9.17, 15) is 0 Å². The van der Waals surface area contributed by atoms with Gasteiger partial charge in [0, 0.05) is 6.04 Å². The number of rotatable bonds is 5. The van der Waals surface area contributed by atoms with Crippen LogP contribution in [0, 0.1) is 0 Å². The summed E-state index contributed by atoms with van der Waals surface area (Å²) in [5, 5.41) is 0. The minimum atomic E-state index is 0.465. The second-order valence-electron chi connectivity index (χ2n) is 5.07. The molecule has 2 aromatic heterocycles. The van der Waals surface area contributed by atoms with E-state index < -0.39 is 0 Å². The van der Waals surface area contributed by atoms with E-state index in [1.807, 2.05) is 24.3 Å². The highest BCUT2D eigenvalue weighted by molar-refractivity contribution is 5.58. The third-order valence-electron chi connectivity index (χ3n) is 3.85. The van der Waals surface area contributed by atoms with Crippen LogP contribution in [0.5, 0.6) is 11.5 Å². The quantitative estimate of drug-likeness (QED) is 0.844. The topological polar surface area (TPSA) is 47.5 Å². The summed E-state index contributed by atoms with van der Waals surface area (Å²) in [5.41, 5.74) is 0. The summed E-state index contributed by atoms with van der Waals surface area (Å²) < 4.78 is 10.3. The molecule has 2 heterocycles. The van der Waals surface area contributed by atoms with Crippen molar-refractivity contribution < 1.29 is 9.47 Å². The van der Waals surface area contributed by atoms with Crippen LogP contribution in [0.2, 0.25) is 0 Å². The average Bonchev–Trinajstić information content (AvgIpc) is 2.51. The smallest absolute Gasteiger partial charge is 0.137 e. The van der Waals surface area contributed by atoms with E-state index in [1.54, 1.807) is 26.6 Å². The SMILES string of the molecule is COc1ccc(N(c2ccc(OC)cn2)C2CCC2)nc1. The molecule has 2 aromatic rings. The van der Waals surface area contributed by atoms with Gasteiger partial charge in [-0.2, -0.15) is 0 Å². The number of methoxy groups -OCH3 is 2. The summed E-state index contributed by atoms with van der Waals surface area (Å²) >= 11 is 0. The Balaban J connectivity index is 1.92. The minimum absolute atomic E-state index is 0.465. The zero-order chi connectivity index (χ0) is 14.7. The van der Waals surface area contributed by atoms with Crippen molar-refractivity contribution >= 4 is 11.6 Å². The predicted octanol–water partition coefficient (Wildman–Crippen LogP) is 3.18. The summed E-state index contributed by atoms with van der Waals surface area (Å²) in [6.45, 7) is 0. The highest BCUT2D eigenvalue weighted by Gasteiger charge is 2.28. The van der Waals surface area contributed by atoms with E-state index >= 15 is 0 Å². The molecule has 0 aliphatic heterocycles. The van der Waals surface area contributed by atoms with Crippen molar-refractivity contribution in [3.63, 3.8) is 0 Å². The second kappa shape index (κ2) is 5.99. The number of nitrogens with zero attached hydrogens (tertiary/aromatic N) is 3. The van der Waals surface area contributed by atoms with Crippen LogP contribution in [0.3, 0.4) is 0 Å². The van der Waals surface area contributed by atoms with Gasteiger partial charge in [-0.3, -0.25) is 0 Å². The van der Waals surface area contributed by atoms with Crippen molar-refractivity contribution in [2.24, 2.45) is 0 Å². The molecule has 0 saturated heterocycles. The zero-order valence-corrected chi connectivity index (χ0v) is 12.3. The highest BCUT2D eigenvalue weighted by atomic mass is 16.5. The summed E-state index contributed by atoms with van der Waals surface area (Å²) in [6, 6.07) is 8.27. The lowest BCUT2D eigenvalue weighted by atomic mass is 9.91. The fourth-order valence-electron chi connectivity index (χ4n) is 2.41. The van der Waals surface area contributed by atoms with Crippen molar-refractivity contribution in [3.8, 4) is 11.5 Å². The Morgan fingerprint density at radius 3 is 1.71 bits per heavy atom. The maximum Gasteiger partial charge on any atom is 0.137 e. The molecule has 0 atom stereocenters. The van der Waals surface area contributed by atoms with Crippen LogP contribution < -0.4 is 14.4 Å². The fraction of sp³-hybridized carbons (Fsp3) is 0.375. The van der Waals surface area contributed by atoms with Gasteiger partial charge in [-0.25, -0.2) is 9.97 Å². The highest BCUT2D eigenvalue weighted by Crippen LogP contribution is 2.34. The Kier molecular flexibility index (Phi) is 3.90. The van der Waals surface area contributed by atoms with E-state index in [0.717, 1.165) is 23.1 Å². The van der Waals surface area contributed by atoms with Crippen LogP contribution in [0.25, 0.3) is 0 Å². The van der Waals surface area contributed by atoms with Gasteiger partial charge in [-0.05, 0) is 43.5 Å². The van der Waals surface area contributed by atoms with Gasteiger partial charge in [-0.1, -0.05) is 0 Å². The van der Waals surface area contributed by atoms with Crippen LogP contribution >= 0.6 is 0 Å². The standard InChI is InChI=1S/C16H19N3O2/c1-20-13-6-8-15(17-10-13)19(12-4-3-5-12)16-9-7-14(21-2)11-18-16/h6-12H,3-5H2,1-2H3. The largest absolute Gasteiger partial charge is 0.495 e. The molecule has 1 aliphatic rings. The first-order valence-electron chi connectivity index (χ1n) is 7.11. The number of anilines is 2. The van der Waals surface area contributed by atoms with E-state index in [4.69, 9.17) is 9.47 Å². The lowest BCUT2D eigenvalue weighted by Crippen LogP contribution is -2.37. The molecule has 0 bridgehead atoms. The van der Waals surface area contributed by atoms with E-state index in [0.29, 0.717) is 6.04 Å². The minimum Gasteiger partial charge on any atom is -0.495 e. The van der Waals surface area contributed by atoms with Gasteiger partial charge < -0.3 is 14.4 Å². The number of hydrogen-bond donors (Lipinski definition) is 0. The van der Waals surface area contributed by atoms with Crippen molar-refractivity contribution in [1.82, 2.24) is 9.97 Å². The van der Waals surface area contributed by atoms with E-state index in [2.05, 4.69) is 14.9 Å². The molecule has 0 N–H and O–H groups in total. The molecule has 21 heavy (non-hydrogen) atoms. The van der Waals surface area contributed by atoms with Gasteiger partial charge in [0.05, 0.1) is 26.6 Å². The molecule has 1 saturated carbocycles. The first-order chi connectivity index (χ1) is 10.3. The molecule has 0 radical (unpaired) electrons. The Labute approximate surface area is 124 Å². The number of pyridine rings is 2. The third-order valence-corrected chi connectivity index (χ3v) is 3.85. The van der Waals surface area contributed by atoms with Crippen LogP contribution in [-0.4, -0.2) is 30.2 Å². The second-order valence-corrected chi connectivity index (χ2v) is 5.07. The van der Waals surface area contributed by atoms with E-state index in [1.165, 1.54) is 19.3 Å². The van der Waals surface area contributed by atoms with Crippen LogP contribution in [0.4, 0.5) is 11.6 Å². The zero-order valence-electron chi connectivity index (χ0n) is 12.3. The summed E-state index contributed by atoms with van der Waals surface area (Å²) in [5.74, 6) is 3.32. The molecule has 1 aliphatic carbocycles. The van der Waals surface area contributed by atoms with Crippen LogP contribution in [0.15, 0.2) is 36.7 Å². The molecule has 110 valence electrons. The lowest BCUT2D eigenvalue weighted by molar-refractivity contribution is 0.402. The molecular weight excluding hydrogens is 266 g/mol. The van der Waals surface area contributed by atoms with Gasteiger partial charge in [0.15, 0.2) is 0 Å². The normalized spacial score (nSPS) is 14.4. The summed E-state index contributed by atoms with van der Waals surface area (Å²) in [7, 11) is 3.29. The average molecular weight is 285 g/mol. The van der Waals surface area contributed by atoms with Gasteiger partial charge >= 0.3 is 0 Å². The molecule has 0 aromatic carbocycles. The molecular formula is C16H19N3O2. The predicted molar refractivity (Wildman–Crippen MR) is 81.4 cm³/mol. The first-order valence-corrected chi connectivity index (χ1v) is 7.11. The first kappa shape index (κ1) is 13.7. The molecule has 5 heteroatoms. The molecule has 0 unspecified atom stereocenters. The number of aromatic nitrogens is 2. The molecule has 5 nitrogen and oxygen atoms in total. The number of ether oxygens (including phenoxy) is 2. The van der Waals surface area contributed by atoms with Gasteiger partial charge in [0.2, 0.25) is 0 Å². The van der Waals surface area contributed by atoms with Crippen molar-refractivity contribution in [2.75, 3.05) is 19.1 Å². The Bertz CT molecular complexity index is 532. The van der Waals surface area contributed by atoms with Crippen LogP contribution in [-0.2, 0) is 0 Å². The summed E-state index contributed by atoms with van der Waals surface area (Å²) in [4.78, 5) is 11.2. The fourth-order valence-corrected chi connectivity index (χ4v) is 2.41. The Morgan fingerprint density at radius 1 is 0.905 bits per heavy atom. The van der Waals surface area contributed by atoms with Gasteiger partial charge in [0.1, 0.15) is 23.1 Å². The summed E-state index contributed by atoms with van der Waals surface area (Å²) in [6.07, 6.45) is 7.07. The number of hydrogen-bond acceptors (Lipinski definition) is 5. The Hall–Kier alpha value is -2.30. The molecule has 1 fully saturated rings. The lowest BCUT2D eigenvalue weighted by Gasteiger charge is -2.37. The molecule has 0 spiro atoms.